The smallest absolute Gasteiger partial charge is 0.201 e. The van der Waals surface area contributed by atoms with Gasteiger partial charge < -0.3 is 0 Å². The molecule has 1 atom stereocenters. The summed E-state index contributed by atoms with van der Waals surface area (Å²) in [6.07, 6.45) is 0. The van der Waals surface area contributed by atoms with E-state index in [0.29, 0.717) is 5.69 Å². The number of rotatable bonds is 2. The minimum atomic E-state index is -1.72. The molecule has 1 aromatic carbocycles. The Hall–Kier alpha value is -0.825. The molecule has 0 bridgehead atoms. The van der Waals surface area contributed by atoms with E-state index < -0.39 is 5.63 Å². The van der Waals surface area contributed by atoms with Crippen molar-refractivity contribution in [2.45, 2.75) is 5.63 Å². The molecule has 12 heavy (non-hydrogen) atoms. The molecule has 1 nitrogen and oxygen atoms in total. The van der Waals surface area contributed by atoms with E-state index in [9.17, 15) is 4.39 Å². The lowest BCUT2D eigenvalue weighted by Crippen LogP contribution is -2.07. The van der Waals surface area contributed by atoms with E-state index >= 15 is 0 Å². The van der Waals surface area contributed by atoms with Crippen molar-refractivity contribution in [3.63, 3.8) is 0 Å². The Morgan fingerprint density at radius 2 is 2.00 bits per heavy atom. The van der Waals surface area contributed by atoms with Crippen LogP contribution in [0.5, 0.6) is 0 Å². The van der Waals surface area contributed by atoms with Crippen molar-refractivity contribution in [3.8, 4) is 0 Å². The quantitative estimate of drug-likeness (QED) is 0.377. The molecule has 4 heteroatoms. The van der Waals surface area contributed by atoms with Crippen LogP contribution in [0.25, 0.3) is 0 Å². The average molecular weight is 181 g/mol. The van der Waals surface area contributed by atoms with E-state index in [1.807, 2.05) is 6.07 Å². The van der Waals surface area contributed by atoms with E-state index in [1.165, 1.54) is 0 Å². The van der Waals surface area contributed by atoms with Crippen LogP contribution < -0.4 is 0 Å². The van der Waals surface area contributed by atoms with Crippen LogP contribution in [0, 0.1) is 0 Å². The number of hydrogen-bond donors (Lipinski definition) is 0. The second kappa shape index (κ2) is 4.26. The molecular formula is C8H6BClFN. The molecule has 0 saturated carbocycles. The summed E-state index contributed by atoms with van der Waals surface area (Å²) < 4.78 is 12.3. The van der Waals surface area contributed by atoms with Crippen LogP contribution in [0.4, 0.5) is 10.1 Å². The summed E-state index contributed by atoms with van der Waals surface area (Å²) in [6, 6.07) is 8.84. The van der Waals surface area contributed by atoms with Gasteiger partial charge in [0.15, 0.2) is 0 Å². The molecule has 0 saturated heterocycles. The molecule has 0 N–H and O–H groups in total. The Bertz CT molecular complexity index is 274. The van der Waals surface area contributed by atoms with Crippen LogP contribution >= 0.6 is 11.6 Å². The van der Waals surface area contributed by atoms with Crippen molar-refractivity contribution in [2.24, 2.45) is 4.99 Å². The number of nitrogens with zero attached hydrogens (tertiary/aromatic N) is 1. The molecule has 0 amide bonds. The first-order valence-corrected chi connectivity index (χ1v) is 3.81. The van der Waals surface area contributed by atoms with E-state index in [1.54, 1.807) is 24.3 Å². The monoisotopic (exact) mass is 181 g/mol. The average Bonchev–Trinajstić information content (AvgIpc) is 2.06. The van der Waals surface area contributed by atoms with Crippen molar-refractivity contribution in [3.05, 3.63) is 30.3 Å². The predicted molar refractivity (Wildman–Crippen MR) is 50.0 cm³/mol. The number of halogens is 2. The van der Waals surface area contributed by atoms with Crippen LogP contribution in [-0.4, -0.2) is 19.1 Å². The summed E-state index contributed by atoms with van der Waals surface area (Å²) in [5.41, 5.74) is -1.34. The van der Waals surface area contributed by atoms with Gasteiger partial charge in [-0.1, -0.05) is 29.8 Å². The molecule has 0 aromatic heterocycles. The van der Waals surface area contributed by atoms with Crippen molar-refractivity contribution in [1.29, 1.82) is 0 Å². The highest BCUT2D eigenvalue weighted by molar-refractivity contribution is 6.66. The van der Waals surface area contributed by atoms with Gasteiger partial charge in [-0.2, -0.15) is 0 Å². The normalized spacial score (nSPS) is 14.3. The molecule has 0 aliphatic rings. The van der Waals surface area contributed by atoms with E-state index in [4.69, 9.17) is 19.4 Å². The first-order chi connectivity index (χ1) is 5.70. The predicted octanol–water partition coefficient (Wildman–Crippen LogP) is 2.42. The van der Waals surface area contributed by atoms with Crippen LogP contribution in [0.1, 0.15) is 0 Å². The maximum atomic E-state index is 12.3. The van der Waals surface area contributed by atoms with Crippen molar-refractivity contribution in [2.75, 3.05) is 0 Å². The summed E-state index contributed by atoms with van der Waals surface area (Å²) in [5, 5.41) is 0. The van der Waals surface area contributed by atoms with Gasteiger partial charge in [-0.15, -0.1) is 0 Å². The van der Waals surface area contributed by atoms with Gasteiger partial charge in [0.05, 0.1) is 5.69 Å². The van der Waals surface area contributed by atoms with Crippen LogP contribution in [0.3, 0.4) is 0 Å². The third kappa shape index (κ3) is 2.66. The Morgan fingerprint density at radius 3 is 2.50 bits per heavy atom. The van der Waals surface area contributed by atoms with Crippen LogP contribution in [0.15, 0.2) is 35.3 Å². The summed E-state index contributed by atoms with van der Waals surface area (Å²) in [6.45, 7) is 0. The minimum absolute atomic E-state index is 0.220. The fraction of sp³-hybridized carbons (Fsp3) is 0.125. The van der Waals surface area contributed by atoms with Gasteiger partial charge in [0, 0.05) is 5.61 Å². The summed E-state index contributed by atoms with van der Waals surface area (Å²) >= 11 is 5.06. The maximum absolute atomic E-state index is 12.3. The Kier molecular flexibility index (Phi) is 3.29. The van der Waals surface area contributed by atoms with Gasteiger partial charge in [-0.3, -0.25) is 4.99 Å². The SMILES string of the molecule is [B]C(=Nc1ccccc1)C(F)Cl. The molecule has 0 spiro atoms. The van der Waals surface area contributed by atoms with Crippen molar-refractivity contribution in [1.82, 2.24) is 0 Å². The molecule has 0 heterocycles. The van der Waals surface area contributed by atoms with Gasteiger partial charge in [0.1, 0.15) is 7.85 Å². The number of alkyl halides is 2. The third-order valence-corrected chi connectivity index (χ3v) is 1.46. The second-order valence-electron chi connectivity index (χ2n) is 2.17. The number of para-hydroxylation sites is 1. The highest BCUT2D eigenvalue weighted by Crippen LogP contribution is 2.11. The summed E-state index contributed by atoms with van der Waals surface area (Å²) in [7, 11) is 5.19. The Morgan fingerprint density at radius 1 is 1.42 bits per heavy atom. The van der Waals surface area contributed by atoms with E-state index in [0.717, 1.165) is 0 Å². The molecule has 0 aliphatic carbocycles. The van der Waals surface area contributed by atoms with Crippen LogP contribution in [-0.2, 0) is 0 Å². The highest BCUT2D eigenvalue weighted by atomic mass is 35.5. The van der Waals surface area contributed by atoms with Crippen molar-refractivity contribution < 1.29 is 4.39 Å². The lowest BCUT2D eigenvalue weighted by Gasteiger charge is -1.98. The number of aliphatic imine (C=N–C) groups is 1. The Balaban J connectivity index is 2.81. The largest absolute Gasteiger partial charge is 0.265 e. The number of benzene rings is 1. The second-order valence-corrected chi connectivity index (χ2v) is 2.56. The topological polar surface area (TPSA) is 12.4 Å². The van der Waals surface area contributed by atoms with Gasteiger partial charge in [-0.05, 0) is 12.1 Å². The minimum Gasteiger partial charge on any atom is -0.265 e. The summed E-state index contributed by atoms with van der Waals surface area (Å²) in [4.78, 5) is 3.75. The fourth-order valence-corrected chi connectivity index (χ4v) is 0.749. The molecule has 0 aliphatic heterocycles. The Labute approximate surface area is 76.7 Å². The third-order valence-electron chi connectivity index (χ3n) is 1.24. The zero-order chi connectivity index (χ0) is 8.97. The lowest BCUT2D eigenvalue weighted by atomic mass is 10.0. The molecule has 2 radical (unpaired) electrons. The van der Waals surface area contributed by atoms with Gasteiger partial charge in [0.2, 0.25) is 5.63 Å². The highest BCUT2D eigenvalue weighted by Gasteiger charge is 2.03. The van der Waals surface area contributed by atoms with Gasteiger partial charge in [0.25, 0.3) is 0 Å². The number of hydrogen-bond acceptors (Lipinski definition) is 1. The molecule has 60 valence electrons. The summed E-state index contributed by atoms with van der Waals surface area (Å²) in [5.74, 6) is 0. The lowest BCUT2D eigenvalue weighted by molar-refractivity contribution is 0.538. The maximum Gasteiger partial charge on any atom is 0.201 e. The fourth-order valence-electron chi connectivity index (χ4n) is 0.700. The molecular weight excluding hydrogens is 175 g/mol. The molecule has 1 unspecified atom stereocenters. The first-order valence-electron chi connectivity index (χ1n) is 3.37. The first kappa shape index (κ1) is 9.26. The van der Waals surface area contributed by atoms with Crippen molar-refractivity contribution >= 4 is 30.7 Å². The standard InChI is InChI=1S/C8H6BClFN/c9-7(8(10)11)12-6-4-2-1-3-5-6/h1-5,8H. The van der Waals surface area contributed by atoms with Crippen LogP contribution in [0.2, 0.25) is 0 Å². The van der Waals surface area contributed by atoms with Gasteiger partial charge in [-0.25, -0.2) is 4.39 Å². The molecule has 1 aromatic rings. The van der Waals surface area contributed by atoms with E-state index in [2.05, 4.69) is 4.99 Å². The zero-order valence-corrected chi connectivity index (χ0v) is 7.00. The molecule has 1 rings (SSSR count). The van der Waals surface area contributed by atoms with E-state index in [-0.39, 0.29) is 5.61 Å². The van der Waals surface area contributed by atoms with Gasteiger partial charge >= 0.3 is 0 Å². The zero-order valence-electron chi connectivity index (χ0n) is 6.24. The molecule has 0 fully saturated rings.